The summed E-state index contributed by atoms with van der Waals surface area (Å²) in [6, 6.07) is 0.580. The third-order valence-corrected chi connectivity index (χ3v) is 3.01. The van der Waals surface area contributed by atoms with Gasteiger partial charge >= 0.3 is 0 Å². The van der Waals surface area contributed by atoms with Gasteiger partial charge in [0.15, 0.2) is 0 Å². The average molecular weight is 200 g/mol. The van der Waals surface area contributed by atoms with E-state index in [9.17, 15) is 0 Å². The van der Waals surface area contributed by atoms with E-state index in [1.54, 1.807) is 0 Å². The second kappa shape index (κ2) is 7.24. The topological polar surface area (TPSA) is 38.0 Å². The van der Waals surface area contributed by atoms with E-state index in [1.807, 2.05) is 0 Å². The average Bonchev–Trinajstić information content (AvgIpc) is 2.18. The lowest BCUT2D eigenvalue weighted by Gasteiger charge is -2.36. The summed E-state index contributed by atoms with van der Waals surface area (Å²) in [5.41, 5.74) is 6.11. The Labute approximate surface area is 89.6 Å². The molecule has 0 heterocycles. The summed E-state index contributed by atoms with van der Waals surface area (Å²) in [6.45, 7) is 9.70. The molecule has 0 aromatic rings. The second-order valence-electron chi connectivity index (χ2n) is 4.44. The lowest BCUT2D eigenvalue weighted by Crippen LogP contribution is -2.54. The number of hydrogen-bond acceptors (Lipinski definition) is 2. The van der Waals surface area contributed by atoms with Crippen LogP contribution in [0.3, 0.4) is 0 Å². The van der Waals surface area contributed by atoms with Crippen molar-refractivity contribution >= 4 is 0 Å². The van der Waals surface area contributed by atoms with Crippen LogP contribution in [-0.4, -0.2) is 18.1 Å². The minimum absolute atomic E-state index is 0.193. The fourth-order valence-electron chi connectivity index (χ4n) is 2.11. The molecule has 0 aromatic carbocycles. The third kappa shape index (κ3) is 4.43. The SMILES string of the molecule is CCCC(CN)(CCC)NC(C)CC. The Kier molecular flexibility index (Phi) is 7.20. The molecule has 0 amide bonds. The minimum Gasteiger partial charge on any atom is -0.329 e. The van der Waals surface area contributed by atoms with Crippen LogP contribution in [0.15, 0.2) is 0 Å². The monoisotopic (exact) mass is 200 g/mol. The summed E-state index contributed by atoms with van der Waals surface area (Å²) in [4.78, 5) is 0. The zero-order valence-electron chi connectivity index (χ0n) is 10.4. The van der Waals surface area contributed by atoms with Crippen molar-refractivity contribution in [3.8, 4) is 0 Å². The first-order valence-electron chi connectivity index (χ1n) is 6.11. The van der Waals surface area contributed by atoms with Crippen LogP contribution < -0.4 is 11.1 Å². The lowest BCUT2D eigenvalue weighted by atomic mass is 9.87. The van der Waals surface area contributed by atoms with E-state index in [0.717, 1.165) is 6.54 Å². The van der Waals surface area contributed by atoms with Gasteiger partial charge in [-0.25, -0.2) is 0 Å². The molecule has 0 radical (unpaired) electrons. The van der Waals surface area contributed by atoms with Crippen LogP contribution in [0.5, 0.6) is 0 Å². The molecule has 1 unspecified atom stereocenters. The van der Waals surface area contributed by atoms with E-state index in [0.29, 0.717) is 6.04 Å². The van der Waals surface area contributed by atoms with Gasteiger partial charge in [-0.15, -0.1) is 0 Å². The Morgan fingerprint density at radius 3 is 1.93 bits per heavy atom. The predicted molar refractivity (Wildman–Crippen MR) is 64.5 cm³/mol. The molecule has 3 N–H and O–H groups in total. The molecule has 1 atom stereocenters. The normalized spacial score (nSPS) is 14.4. The predicted octanol–water partition coefficient (Wildman–Crippen LogP) is 2.67. The molecule has 2 nitrogen and oxygen atoms in total. The summed E-state index contributed by atoms with van der Waals surface area (Å²) in [6.07, 6.45) is 5.99. The standard InChI is InChI=1S/C12H28N2/c1-5-8-12(10-13,9-6-2)14-11(4)7-3/h11,14H,5-10,13H2,1-4H3. The second-order valence-corrected chi connectivity index (χ2v) is 4.44. The van der Waals surface area contributed by atoms with Crippen LogP contribution in [0.2, 0.25) is 0 Å². The Morgan fingerprint density at radius 2 is 1.64 bits per heavy atom. The first kappa shape index (κ1) is 13.9. The van der Waals surface area contributed by atoms with Gasteiger partial charge < -0.3 is 11.1 Å². The largest absolute Gasteiger partial charge is 0.329 e. The molecule has 0 spiro atoms. The van der Waals surface area contributed by atoms with Gasteiger partial charge in [0.05, 0.1) is 0 Å². The Balaban J connectivity index is 4.31. The van der Waals surface area contributed by atoms with Crippen molar-refractivity contribution in [2.24, 2.45) is 5.73 Å². The molecule has 0 aliphatic carbocycles. The van der Waals surface area contributed by atoms with Crippen molar-refractivity contribution in [1.29, 1.82) is 0 Å². The van der Waals surface area contributed by atoms with E-state index >= 15 is 0 Å². The van der Waals surface area contributed by atoms with Crippen LogP contribution in [0, 0.1) is 0 Å². The zero-order valence-corrected chi connectivity index (χ0v) is 10.4. The highest BCUT2D eigenvalue weighted by atomic mass is 15.0. The van der Waals surface area contributed by atoms with Crippen molar-refractivity contribution in [2.75, 3.05) is 6.54 Å². The van der Waals surface area contributed by atoms with Gasteiger partial charge in [-0.1, -0.05) is 33.6 Å². The molecule has 0 aromatic heterocycles. The summed E-state index contributed by atoms with van der Waals surface area (Å²) in [5, 5.41) is 3.71. The van der Waals surface area contributed by atoms with Gasteiger partial charge in [-0.05, 0) is 26.2 Å². The molecular weight excluding hydrogens is 172 g/mol. The summed E-state index contributed by atoms with van der Waals surface area (Å²) in [7, 11) is 0. The highest BCUT2D eigenvalue weighted by Crippen LogP contribution is 2.19. The van der Waals surface area contributed by atoms with Crippen LogP contribution >= 0.6 is 0 Å². The van der Waals surface area contributed by atoms with E-state index < -0.39 is 0 Å². The molecule has 0 saturated carbocycles. The highest BCUT2D eigenvalue weighted by molar-refractivity contribution is 4.90. The fourth-order valence-corrected chi connectivity index (χ4v) is 2.11. The Hall–Kier alpha value is -0.0800. The van der Waals surface area contributed by atoms with Crippen LogP contribution in [-0.2, 0) is 0 Å². The first-order valence-corrected chi connectivity index (χ1v) is 6.11. The molecule has 0 aliphatic rings. The minimum atomic E-state index is 0.193. The maximum absolute atomic E-state index is 5.92. The molecule has 86 valence electrons. The first-order chi connectivity index (χ1) is 6.64. The molecule has 0 rings (SSSR count). The molecule has 0 fully saturated rings. The van der Waals surface area contributed by atoms with E-state index in [1.165, 1.54) is 32.1 Å². The number of hydrogen-bond donors (Lipinski definition) is 2. The third-order valence-electron chi connectivity index (χ3n) is 3.01. The summed E-state index contributed by atoms with van der Waals surface area (Å²) >= 11 is 0. The molecule has 0 bridgehead atoms. The summed E-state index contributed by atoms with van der Waals surface area (Å²) < 4.78 is 0. The lowest BCUT2D eigenvalue weighted by molar-refractivity contribution is 0.253. The molecule has 0 saturated heterocycles. The van der Waals surface area contributed by atoms with Crippen LogP contribution in [0.25, 0.3) is 0 Å². The Bertz CT molecular complexity index is 128. The van der Waals surface area contributed by atoms with Gasteiger partial charge in [-0.2, -0.15) is 0 Å². The molecule has 2 heteroatoms. The van der Waals surface area contributed by atoms with Gasteiger partial charge in [0.2, 0.25) is 0 Å². The molecule has 0 aliphatic heterocycles. The zero-order chi connectivity index (χ0) is 11.0. The van der Waals surface area contributed by atoms with Crippen LogP contribution in [0.1, 0.15) is 59.8 Å². The molecule has 14 heavy (non-hydrogen) atoms. The number of rotatable bonds is 8. The van der Waals surface area contributed by atoms with Gasteiger partial charge in [0.1, 0.15) is 0 Å². The van der Waals surface area contributed by atoms with Gasteiger partial charge in [0, 0.05) is 18.1 Å². The van der Waals surface area contributed by atoms with Crippen LogP contribution in [0.4, 0.5) is 0 Å². The molecular formula is C12H28N2. The quantitative estimate of drug-likeness (QED) is 0.632. The maximum Gasteiger partial charge on any atom is 0.0306 e. The van der Waals surface area contributed by atoms with E-state index in [4.69, 9.17) is 5.73 Å². The van der Waals surface area contributed by atoms with Gasteiger partial charge in [-0.3, -0.25) is 0 Å². The maximum atomic E-state index is 5.92. The smallest absolute Gasteiger partial charge is 0.0306 e. The Morgan fingerprint density at radius 1 is 1.14 bits per heavy atom. The highest BCUT2D eigenvalue weighted by Gasteiger charge is 2.27. The van der Waals surface area contributed by atoms with Crippen molar-refractivity contribution < 1.29 is 0 Å². The van der Waals surface area contributed by atoms with E-state index in [-0.39, 0.29) is 5.54 Å². The number of nitrogens with one attached hydrogen (secondary N) is 1. The van der Waals surface area contributed by atoms with Crippen molar-refractivity contribution in [3.63, 3.8) is 0 Å². The summed E-state index contributed by atoms with van der Waals surface area (Å²) in [5.74, 6) is 0. The van der Waals surface area contributed by atoms with E-state index in [2.05, 4.69) is 33.0 Å². The number of nitrogens with two attached hydrogens (primary N) is 1. The van der Waals surface area contributed by atoms with Crippen molar-refractivity contribution in [2.45, 2.75) is 71.4 Å². The van der Waals surface area contributed by atoms with Crippen molar-refractivity contribution in [1.82, 2.24) is 5.32 Å². The fraction of sp³-hybridized carbons (Fsp3) is 1.00. The van der Waals surface area contributed by atoms with Gasteiger partial charge in [0.25, 0.3) is 0 Å². The van der Waals surface area contributed by atoms with Crippen molar-refractivity contribution in [3.05, 3.63) is 0 Å².